The summed E-state index contributed by atoms with van der Waals surface area (Å²) in [5.74, 6) is -3.84. The Morgan fingerprint density at radius 2 is 1.82 bits per heavy atom. The minimum absolute atomic E-state index is 0.00708. The molecule has 2 rings (SSSR count). The molecule has 0 saturated carbocycles. The first-order valence-electron chi connectivity index (χ1n) is 11.9. The van der Waals surface area contributed by atoms with Gasteiger partial charge in [0.05, 0.1) is 18.9 Å². The number of amides is 1. The second-order valence-electron chi connectivity index (χ2n) is 9.33. The van der Waals surface area contributed by atoms with Gasteiger partial charge in [0.2, 0.25) is 5.91 Å². The zero-order chi connectivity index (χ0) is 24.6. The van der Waals surface area contributed by atoms with Crippen LogP contribution in [0.3, 0.4) is 0 Å². The summed E-state index contributed by atoms with van der Waals surface area (Å²) in [5.41, 5.74) is -1.96. The fraction of sp³-hybridized carbons (Fsp3) is 0.680. The van der Waals surface area contributed by atoms with Gasteiger partial charge >= 0.3 is 5.97 Å². The van der Waals surface area contributed by atoms with Crippen LogP contribution in [0.15, 0.2) is 0 Å². The highest BCUT2D eigenvalue weighted by Gasteiger charge is 2.34. The van der Waals surface area contributed by atoms with Gasteiger partial charge in [0.1, 0.15) is 5.56 Å². The van der Waals surface area contributed by atoms with Crippen LogP contribution in [-0.2, 0) is 20.7 Å². The molecule has 186 valence electrons. The Morgan fingerprint density at radius 3 is 2.39 bits per heavy atom. The molecule has 0 spiro atoms. The summed E-state index contributed by atoms with van der Waals surface area (Å²) in [4.78, 5) is 25.6. The minimum atomic E-state index is -0.971. The third-order valence-corrected chi connectivity index (χ3v) is 5.49. The van der Waals surface area contributed by atoms with Gasteiger partial charge in [-0.1, -0.05) is 47.0 Å². The van der Waals surface area contributed by atoms with Crippen LogP contribution in [0.1, 0.15) is 95.5 Å². The monoisotopic (exact) mass is 469 g/mol. The van der Waals surface area contributed by atoms with Crippen LogP contribution in [0, 0.1) is 17.0 Å². The number of anilines is 1. The quantitative estimate of drug-likeness (QED) is 0.328. The lowest BCUT2D eigenvalue weighted by Gasteiger charge is -2.27. The molecule has 0 aliphatic carbocycles. The van der Waals surface area contributed by atoms with Crippen LogP contribution in [0.4, 0.5) is 14.5 Å². The molecule has 1 aromatic rings. The minimum Gasteiger partial charge on any atom is -0.462 e. The number of hydrogen-bond acceptors (Lipinski definition) is 5. The number of hydrogen-bond donors (Lipinski definition) is 1. The predicted molar refractivity (Wildman–Crippen MR) is 122 cm³/mol. The smallest absolute Gasteiger partial charge is 0.344 e. The number of unbranched alkanes of at least 4 members (excludes halogenated alkanes) is 3. The molecule has 1 heterocycles. The highest BCUT2D eigenvalue weighted by atomic mass is 19.1. The maximum Gasteiger partial charge on any atom is 0.344 e. The van der Waals surface area contributed by atoms with Crippen LogP contribution in [0.2, 0.25) is 0 Å². The summed E-state index contributed by atoms with van der Waals surface area (Å²) in [6.45, 7) is 9.05. The molecule has 1 aliphatic heterocycles. The molecule has 0 aromatic heterocycles. The molecule has 1 atom stereocenters. The van der Waals surface area contributed by atoms with Crippen molar-refractivity contribution in [2.45, 2.75) is 92.3 Å². The molecular weight excluding hydrogens is 432 g/mol. The lowest BCUT2D eigenvalue weighted by atomic mass is 9.94. The number of rotatable bonds is 10. The number of ether oxygens (including phenoxy) is 3. The average Bonchev–Trinajstić information content (AvgIpc) is 2.76. The summed E-state index contributed by atoms with van der Waals surface area (Å²) in [6.07, 6.45) is 4.81. The molecule has 33 heavy (non-hydrogen) atoms. The fourth-order valence-electron chi connectivity index (χ4n) is 3.53. The molecule has 0 bridgehead atoms. The Hall–Kier alpha value is -2.22. The molecule has 1 fully saturated rings. The van der Waals surface area contributed by atoms with E-state index < -0.39 is 52.2 Å². The molecule has 1 unspecified atom stereocenters. The number of benzene rings is 1. The van der Waals surface area contributed by atoms with Crippen LogP contribution < -0.4 is 10.1 Å². The van der Waals surface area contributed by atoms with Gasteiger partial charge in [-0.15, -0.1) is 0 Å². The first kappa shape index (κ1) is 27.0. The molecule has 8 heteroatoms. The highest BCUT2D eigenvalue weighted by Crippen LogP contribution is 2.39. The van der Waals surface area contributed by atoms with Crippen molar-refractivity contribution in [3.63, 3.8) is 0 Å². The lowest BCUT2D eigenvalue weighted by Crippen LogP contribution is -2.31. The third-order valence-electron chi connectivity index (χ3n) is 5.49. The SMILES string of the molecule is CCCCCCc1c(F)c(NC(=O)C(C)(C)C)c(C(=O)OCC)c(OC2CCCCO2)c1F. The second-order valence-corrected chi connectivity index (χ2v) is 9.33. The standard InChI is InChI=1S/C25H37F2NO5/c1-6-8-9-10-13-16-19(26)21(28-24(30)25(3,4)5)18(23(29)31-7-2)22(20(16)27)33-17-14-11-12-15-32-17/h17H,6-15H2,1-5H3,(H,28,30). The Kier molecular flexibility index (Phi) is 10.1. The van der Waals surface area contributed by atoms with Crippen LogP contribution in [0.25, 0.3) is 0 Å². The zero-order valence-corrected chi connectivity index (χ0v) is 20.4. The summed E-state index contributed by atoms with van der Waals surface area (Å²) in [6, 6.07) is 0. The maximum atomic E-state index is 15.7. The summed E-state index contributed by atoms with van der Waals surface area (Å²) in [5, 5.41) is 2.50. The van der Waals surface area contributed by atoms with E-state index in [1.807, 2.05) is 6.92 Å². The van der Waals surface area contributed by atoms with Gasteiger partial charge in [-0.25, -0.2) is 13.6 Å². The van der Waals surface area contributed by atoms with Crippen molar-refractivity contribution < 1.29 is 32.6 Å². The van der Waals surface area contributed by atoms with Gasteiger partial charge < -0.3 is 19.5 Å². The van der Waals surface area contributed by atoms with Crippen molar-refractivity contribution >= 4 is 17.6 Å². The molecule has 1 aliphatic rings. The number of esters is 1. The first-order chi connectivity index (χ1) is 15.6. The molecule has 1 aromatic carbocycles. The number of nitrogens with one attached hydrogen (secondary N) is 1. The molecule has 0 radical (unpaired) electrons. The van der Waals surface area contributed by atoms with Crippen molar-refractivity contribution in [2.24, 2.45) is 5.41 Å². The zero-order valence-electron chi connectivity index (χ0n) is 20.4. The molecule has 1 N–H and O–H groups in total. The number of carbonyl (C=O) groups is 2. The molecule has 1 saturated heterocycles. The largest absolute Gasteiger partial charge is 0.462 e. The summed E-state index contributed by atoms with van der Waals surface area (Å²) in [7, 11) is 0. The van der Waals surface area contributed by atoms with Gasteiger partial charge in [0.15, 0.2) is 23.7 Å². The molecular formula is C25H37F2NO5. The van der Waals surface area contributed by atoms with E-state index >= 15 is 8.78 Å². The molecule has 6 nitrogen and oxygen atoms in total. The van der Waals surface area contributed by atoms with Crippen LogP contribution in [-0.4, -0.2) is 31.4 Å². The Bertz CT molecular complexity index is 829. The normalized spacial score (nSPS) is 16.4. The average molecular weight is 470 g/mol. The maximum absolute atomic E-state index is 15.7. The Balaban J connectivity index is 2.63. The first-order valence-corrected chi connectivity index (χ1v) is 11.9. The van der Waals surface area contributed by atoms with E-state index in [9.17, 15) is 9.59 Å². The molecule has 1 amide bonds. The third kappa shape index (κ3) is 7.13. The van der Waals surface area contributed by atoms with Crippen LogP contribution >= 0.6 is 0 Å². The Morgan fingerprint density at radius 1 is 1.09 bits per heavy atom. The van der Waals surface area contributed by atoms with E-state index in [0.29, 0.717) is 19.4 Å². The van der Waals surface area contributed by atoms with Crippen molar-refractivity contribution in [3.05, 3.63) is 22.8 Å². The van der Waals surface area contributed by atoms with Gasteiger partial charge in [0.25, 0.3) is 0 Å². The van der Waals surface area contributed by atoms with Gasteiger partial charge in [-0.2, -0.15) is 0 Å². The van der Waals surface area contributed by atoms with Crippen molar-refractivity contribution in [3.8, 4) is 5.75 Å². The topological polar surface area (TPSA) is 73.9 Å². The fourth-order valence-corrected chi connectivity index (χ4v) is 3.53. The van der Waals surface area contributed by atoms with E-state index in [4.69, 9.17) is 14.2 Å². The second kappa shape index (κ2) is 12.3. The predicted octanol–water partition coefficient (Wildman–Crippen LogP) is 6.15. The van der Waals surface area contributed by atoms with E-state index in [1.54, 1.807) is 27.7 Å². The summed E-state index contributed by atoms with van der Waals surface area (Å²) >= 11 is 0. The van der Waals surface area contributed by atoms with Crippen molar-refractivity contribution in [1.82, 2.24) is 0 Å². The number of carbonyl (C=O) groups excluding carboxylic acids is 2. The van der Waals surface area contributed by atoms with Crippen LogP contribution in [0.5, 0.6) is 5.75 Å². The van der Waals surface area contributed by atoms with Gasteiger partial charge in [-0.05, 0) is 32.6 Å². The van der Waals surface area contributed by atoms with E-state index in [-0.39, 0.29) is 18.6 Å². The number of halogens is 2. The Labute approximate surface area is 195 Å². The van der Waals surface area contributed by atoms with Crippen molar-refractivity contribution in [1.29, 1.82) is 0 Å². The lowest BCUT2D eigenvalue weighted by molar-refractivity contribution is -0.123. The van der Waals surface area contributed by atoms with Gasteiger partial charge in [0, 0.05) is 17.4 Å². The van der Waals surface area contributed by atoms with E-state index in [1.165, 1.54) is 0 Å². The van der Waals surface area contributed by atoms with Gasteiger partial charge in [-0.3, -0.25) is 4.79 Å². The van der Waals surface area contributed by atoms with E-state index in [0.717, 1.165) is 32.1 Å². The highest BCUT2D eigenvalue weighted by molar-refractivity contribution is 6.05. The van der Waals surface area contributed by atoms with E-state index in [2.05, 4.69) is 5.32 Å². The summed E-state index contributed by atoms with van der Waals surface area (Å²) < 4.78 is 47.8. The van der Waals surface area contributed by atoms with Crippen molar-refractivity contribution in [2.75, 3.05) is 18.5 Å².